The highest BCUT2D eigenvalue weighted by Gasteiger charge is 2.37. The first-order chi connectivity index (χ1) is 14.0. The van der Waals surface area contributed by atoms with Gasteiger partial charge in [0.2, 0.25) is 11.8 Å². The summed E-state index contributed by atoms with van der Waals surface area (Å²) in [5, 5.41) is 0. The van der Waals surface area contributed by atoms with Gasteiger partial charge in [-0.05, 0) is 37.1 Å². The number of rotatable bonds is 3. The van der Waals surface area contributed by atoms with E-state index in [9.17, 15) is 14.4 Å². The van der Waals surface area contributed by atoms with Crippen molar-refractivity contribution in [2.75, 3.05) is 37.6 Å². The van der Waals surface area contributed by atoms with Crippen LogP contribution in [0.2, 0.25) is 0 Å². The lowest BCUT2D eigenvalue weighted by molar-refractivity contribution is -0.138. The van der Waals surface area contributed by atoms with Gasteiger partial charge in [-0.1, -0.05) is 30.4 Å². The predicted octanol–water partition coefficient (Wildman–Crippen LogP) is 2.10. The highest BCUT2D eigenvalue weighted by molar-refractivity contribution is 6.22. The molecule has 1 aromatic rings. The van der Waals surface area contributed by atoms with E-state index in [2.05, 4.69) is 35.9 Å². The van der Waals surface area contributed by atoms with Gasteiger partial charge < -0.3 is 9.80 Å². The molecule has 7 heteroatoms. The van der Waals surface area contributed by atoms with Gasteiger partial charge in [0.15, 0.2) is 0 Å². The molecule has 3 aliphatic rings. The summed E-state index contributed by atoms with van der Waals surface area (Å²) in [6.45, 7) is 6.50. The Morgan fingerprint density at radius 3 is 2.62 bits per heavy atom. The van der Waals surface area contributed by atoms with Crippen LogP contribution in [0.3, 0.4) is 0 Å². The summed E-state index contributed by atoms with van der Waals surface area (Å²) in [6.07, 6.45) is 6.86. The normalized spacial score (nSPS) is 21.4. The van der Waals surface area contributed by atoms with E-state index in [0.717, 1.165) is 18.0 Å². The Labute approximate surface area is 170 Å². The number of carbonyl (C=O) groups excluding carboxylic acids is 3. The fourth-order valence-corrected chi connectivity index (χ4v) is 3.94. The highest BCUT2D eigenvalue weighted by atomic mass is 16.2. The van der Waals surface area contributed by atoms with Gasteiger partial charge in [0, 0.05) is 31.9 Å². The molecule has 4 rings (SSSR count). The average molecular weight is 392 g/mol. The molecule has 0 radical (unpaired) electrons. The van der Waals surface area contributed by atoms with Crippen LogP contribution in [0.25, 0.3) is 0 Å². The quantitative estimate of drug-likeness (QED) is 0.790. The van der Waals surface area contributed by atoms with Crippen LogP contribution in [-0.2, 0) is 9.59 Å². The molecule has 0 aromatic heterocycles. The van der Waals surface area contributed by atoms with Crippen LogP contribution in [0.5, 0.6) is 0 Å². The third kappa shape index (κ3) is 3.60. The molecule has 1 atom stereocenters. The molecule has 1 aliphatic carbocycles. The van der Waals surface area contributed by atoms with Crippen LogP contribution in [0.1, 0.15) is 11.1 Å². The van der Waals surface area contributed by atoms with E-state index >= 15 is 0 Å². The summed E-state index contributed by atoms with van der Waals surface area (Å²) >= 11 is 0. The maximum absolute atomic E-state index is 12.8. The van der Waals surface area contributed by atoms with E-state index in [1.807, 2.05) is 6.07 Å². The zero-order valence-corrected chi connectivity index (χ0v) is 16.7. The van der Waals surface area contributed by atoms with E-state index in [4.69, 9.17) is 0 Å². The smallest absolute Gasteiger partial charge is 0.351 e. The Bertz CT molecular complexity index is 955. The molecule has 29 heavy (non-hydrogen) atoms. The Kier molecular flexibility index (Phi) is 5.05. The molecule has 7 nitrogen and oxygen atoms in total. The second kappa shape index (κ2) is 7.66. The molecule has 0 spiro atoms. The largest absolute Gasteiger partial charge is 0.368 e. The van der Waals surface area contributed by atoms with Gasteiger partial charge in [-0.3, -0.25) is 14.5 Å². The number of carbonyl (C=O) groups is 3. The van der Waals surface area contributed by atoms with Crippen molar-refractivity contribution < 1.29 is 14.4 Å². The van der Waals surface area contributed by atoms with Gasteiger partial charge in [-0.15, -0.1) is 0 Å². The first kappa shape index (κ1) is 19.1. The molecule has 1 unspecified atom stereocenters. The van der Waals surface area contributed by atoms with E-state index < -0.39 is 11.9 Å². The molecule has 0 N–H and O–H groups in total. The minimum absolute atomic E-state index is 0.221. The number of amides is 4. The standard InChI is InChI=1S/C22H24N4O3/c1-15-6-5-9-19(16(15)2)24-10-12-25(13-11-24)20(27)14-26-21(28)17-7-3-4-8-18(17)23-22(26)29/h3-9,17H,10-14H2,1-2H3. The van der Waals surface area contributed by atoms with Crippen molar-refractivity contribution in [3.05, 3.63) is 53.6 Å². The predicted molar refractivity (Wildman–Crippen MR) is 111 cm³/mol. The summed E-state index contributed by atoms with van der Waals surface area (Å²) in [5.74, 6) is -1.18. The Balaban J connectivity index is 1.39. The third-order valence-corrected chi connectivity index (χ3v) is 5.83. The second-order valence-corrected chi connectivity index (χ2v) is 7.55. The number of anilines is 1. The molecule has 1 fully saturated rings. The summed E-state index contributed by atoms with van der Waals surface area (Å²) < 4.78 is 0. The number of piperazine rings is 1. The molecular weight excluding hydrogens is 368 g/mol. The number of nitrogens with zero attached hydrogens (tertiary/aromatic N) is 4. The lowest BCUT2D eigenvalue weighted by Crippen LogP contribution is -2.54. The fraction of sp³-hybridized carbons (Fsp3) is 0.364. The van der Waals surface area contributed by atoms with Crippen molar-refractivity contribution in [2.45, 2.75) is 13.8 Å². The number of fused-ring (bicyclic) bond motifs is 1. The zero-order valence-electron chi connectivity index (χ0n) is 16.7. The SMILES string of the molecule is Cc1cccc(N2CCN(C(=O)CN3C(=O)N=C4C=CC=CC4C3=O)CC2)c1C. The van der Waals surface area contributed by atoms with Crippen molar-refractivity contribution in [1.29, 1.82) is 0 Å². The first-order valence-electron chi connectivity index (χ1n) is 9.83. The lowest BCUT2D eigenvalue weighted by atomic mass is 9.95. The van der Waals surface area contributed by atoms with E-state index in [1.165, 1.54) is 16.8 Å². The number of benzene rings is 1. The third-order valence-electron chi connectivity index (χ3n) is 5.83. The molecule has 0 bridgehead atoms. The number of allylic oxidation sites excluding steroid dienone is 3. The van der Waals surface area contributed by atoms with Crippen LogP contribution in [0.15, 0.2) is 47.5 Å². The summed E-state index contributed by atoms with van der Waals surface area (Å²) in [4.78, 5) is 46.6. The van der Waals surface area contributed by atoms with Crippen LogP contribution in [0, 0.1) is 19.8 Å². The van der Waals surface area contributed by atoms with Crippen molar-refractivity contribution in [1.82, 2.24) is 9.80 Å². The van der Waals surface area contributed by atoms with E-state index in [1.54, 1.807) is 29.2 Å². The van der Waals surface area contributed by atoms with Gasteiger partial charge in [-0.2, -0.15) is 4.99 Å². The number of urea groups is 1. The first-order valence-corrected chi connectivity index (χ1v) is 9.83. The van der Waals surface area contributed by atoms with Crippen molar-refractivity contribution >= 4 is 29.2 Å². The van der Waals surface area contributed by atoms with Crippen molar-refractivity contribution in [3.8, 4) is 0 Å². The molecule has 0 saturated carbocycles. The van der Waals surface area contributed by atoms with Crippen molar-refractivity contribution in [2.24, 2.45) is 10.9 Å². The van der Waals surface area contributed by atoms with E-state index in [0.29, 0.717) is 18.8 Å². The minimum atomic E-state index is -0.663. The van der Waals surface area contributed by atoms with Gasteiger partial charge in [0.1, 0.15) is 6.54 Å². The van der Waals surface area contributed by atoms with Gasteiger partial charge in [0.05, 0.1) is 11.6 Å². The zero-order chi connectivity index (χ0) is 20.5. The molecule has 2 heterocycles. The Morgan fingerprint density at radius 1 is 1.10 bits per heavy atom. The summed E-state index contributed by atoms with van der Waals surface area (Å²) in [6, 6.07) is 5.58. The Hall–Kier alpha value is -3.22. The maximum Gasteiger partial charge on any atom is 0.351 e. The highest BCUT2D eigenvalue weighted by Crippen LogP contribution is 2.24. The van der Waals surface area contributed by atoms with Gasteiger partial charge in [0.25, 0.3) is 0 Å². The maximum atomic E-state index is 12.8. The van der Waals surface area contributed by atoms with Gasteiger partial charge in [-0.25, -0.2) is 4.79 Å². The lowest BCUT2D eigenvalue weighted by Gasteiger charge is -2.38. The minimum Gasteiger partial charge on any atom is -0.368 e. The summed E-state index contributed by atoms with van der Waals surface area (Å²) in [7, 11) is 0. The number of imide groups is 1. The molecule has 1 aromatic carbocycles. The topological polar surface area (TPSA) is 73.3 Å². The van der Waals surface area contributed by atoms with Crippen LogP contribution in [0.4, 0.5) is 10.5 Å². The van der Waals surface area contributed by atoms with Crippen LogP contribution < -0.4 is 4.90 Å². The van der Waals surface area contributed by atoms with Gasteiger partial charge >= 0.3 is 6.03 Å². The molecule has 1 saturated heterocycles. The summed E-state index contributed by atoms with van der Waals surface area (Å²) in [5.41, 5.74) is 4.13. The number of aliphatic imine (C=N–C) groups is 1. The van der Waals surface area contributed by atoms with E-state index in [-0.39, 0.29) is 18.4 Å². The molecule has 4 amide bonds. The van der Waals surface area contributed by atoms with Crippen molar-refractivity contribution in [3.63, 3.8) is 0 Å². The number of aryl methyl sites for hydroxylation is 1. The Morgan fingerprint density at radius 2 is 1.86 bits per heavy atom. The van der Waals surface area contributed by atoms with Crippen LogP contribution in [-0.4, -0.2) is 66.1 Å². The fourth-order valence-electron chi connectivity index (χ4n) is 3.94. The number of hydrogen-bond acceptors (Lipinski definition) is 4. The second-order valence-electron chi connectivity index (χ2n) is 7.55. The molecular formula is C22H24N4O3. The number of hydrogen-bond donors (Lipinski definition) is 0. The van der Waals surface area contributed by atoms with Crippen LogP contribution >= 0.6 is 0 Å². The molecule has 150 valence electrons. The monoisotopic (exact) mass is 392 g/mol. The molecule has 2 aliphatic heterocycles. The average Bonchev–Trinajstić information content (AvgIpc) is 2.73.